The molecule has 0 saturated carbocycles. The van der Waals surface area contributed by atoms with Crippen molar-refractivity contribution in [3.63, 3.8) is 0 Å². The lowest BCUT2D eigenvalue weighted by Crippen LogP contribution is -1.80. The van der Waals surface area contributed by atoms with Gasteiger partial charge in [0.05, 0.1) is 0 Å². The van der Waals surface area contributed by atoms with Crippen LogP contribution in [0.15, 0.2) is 24.3 Å². The SMILES string of the molecule is OCCCCC#CC#CC#Cc1ccc(C#CC#CC#CCCCCO)cc1. The van der Waals surface area contributed by atoms with Crippen LogP contribution in [0.25, 0.3) is 0 Å². The monoisotopic (exact) mass is 366 g/mol. The first-order chi connectivity index (χ1) is 13.9. The van der Waals surface area contributed by atoms with Gasteiger partial charge < -0.3 is 10.2 Å². The summed E-state index contributed by atoms with van der Waals surface area (Å²) in [6.07, 6.45) is 4.80. The Kier molecular flexibility index (Phi) is 13.6. The summed E-state index contributed by atoms with van der Waals surface area (Å²) in [5.41, 5.74) is 1.71. The molecular formula is C26H22O2. The molecule has 2 heteroatoms. The van der Waals surface area contributed by atoms with E-state index in [0.29, 0.717) is 0 Å². The molecule has 138 valence electrons. The molecule has 0 aliphatic rings. The molecule has 0 aliphatic heterocycles. The smallest absolute Gasteiger partial charge is 0.0431 e. The molecule has 0 unspecified atom stereocenters. The highest BCUT2D eigenvalue weighted by atomic mass is 16.3. The highest BCUT2D eigenvalue weighted by Gasteiger charge is 1.87. The van der Waals surface area contributed by atoms with Crippen molar-refractivity contribution < 1.29 is 10.2 Å². The van der Waals surface area contributed by atoms with Crippen LogP contribution in [0.4, 0.5) is 0 Å². The van der Waals surface area contributed by atoms with Gasteiger partial charge in [-0.1, -0.05) is 23.7 Å². The van der Waals surface area contributed by atoms with Gasteiger partial charge in [-0.25, -0.2) is 0 Å². The van der Waals surface area contributed by atoms with Gasteiger partial charge in [-0.2, -0.15) is 0 Å². The van der Waals surface area contributed by atoms with Gasteiger partial charge in [-0.3, -0.25) is 0 Å². The lowest BCUT2D eigenvalue weighted by molar-refractivity contribution is 0.285. The van der Waals surface area contributed by atoms with E-state index in [9.17, 15) is 0 Å². The zero-order valence-electron chi connectivity index (χ0n) is 15.9. The first-order valence-corrected chi connectivity index (χ1v) is 9.16. The maximum Gasteiger partial charge on any atom is 0.0431 e. The van der Waals surface area contributed by atoms with E-state index in [-0.39, 0.29) is 13.2 Å². The van der Waals surface area contributed by atoms with Gasteiger partial charge in [-0.15, -0.1) is 0 Å². The summed E-state index contributed by atoms with van der Waals surface area (Å²) in [7, 11) is 0. The number of hydrogen-bond donors (Lipinski definition) is 2. The largest absolute Gasteiger partial charge is 0.396 e. The molecule has 1 aromatic carbocycles. The Morgan fingerprint density at radius 3 is 1.29 bits per heavy atom. The molecule has 28 heavy (non-hydrogen) atoms. The molecule has 0 spiro atoms. The lowest BCUT2D eigenvalue weighted by atomic mass is 10.1. The van der Waals surface area contributed by atoms with E-state index in [2.05, 4.69) is 71.0 Å². The summed E-state index contributed by atoms with van der Waals surface area (Å²) in [6, 6.07) is 7.53. The summed E-state index contributed by atoms with van der Waals surface area (Å²) in [5.74, 6) is 33.6. The third-order valence-corrected chi connectivity index (χ3v) is 3.27. The zero-order valence-corrected chi connectivity index (χ0v) is 15.9. The molecule has 2 N–H and O–H groups in total. The number of unbranched alkanes of at least 4 members (excludes halogenated alkanes) is 4. The van der Waals surface area contributed by atoms with Crippen LogP contribution < -0.4 is 0 Å². The average Bonchev–Trinajstić information content (AvgIpc) is 2.72. The fraction of sp³-hybridized carbons (Fsp3) is 0.308. The van der Waals surface area contributed by atoms with Crippen molar-refractivity contribution in [3.05, 3.63) is 35.4 Å². The minimum absolute atomic E-state index is 0.206. The van der Waals surface area contributed by atoms with Crippen molar-refractivity contribution in [1.82, 2.24) is 0 Å². The van der Waals surface area contributed by atoms with Crippen LogP contribution in [0, 0.1) is 71.0 Å². The zero-order chi connectivity index (χ0) is 20.1. The third-order valence-electron chi connectivity index (χ3n) is 3.27. The quantitative estimate of drug-likeness (QED) is 0.600. The summed E-state index contributed by atoms with van der Waals surface area (Å²) < 4.78 is 0. The standard InChI is InChI=1S/C26H22O2/c27-23-15-11-7-3-1-5-9-13-17-25-19-21-26(22-20-25)18-14-10-6-2-4-8-12-16-24-28/h19-22,27-28H,7-8,11-12,15-16,23-24H2. The first-order valence-electron chi connectivity index (χ1n) is 9.16. The predicted octanol–water partition coefficient (Wildman–Crippen LogP) is 2.73. The molecule has 1 aromatic rings. The molecular weight excluding hydrogens is 344 g/mol. The minimum Gasteiger partial charge on any atom is -0.396 e. The van der Waals surface area contributed by atoms with Crippen LogP contribution in [-0.4, -0.2) is 23.4 Å². The summed E-state index contributed by atoms with van der Waals surface area (Å²) in [5, 5.41) is 17.3. The van der Waals surface area contributed by atoms with Gasteiger partial charge in [0.1, 0.15) is 0 Å². The van der Waals surface area contributed by atoms with E-state index in [1.165, 1.54) is 0 Å². The Morgan fingerprint density at radius 1 is 0.500 bits per heavy atom. The van der Waals surface area contributed by atoms with Crippen LogP contribution in [0.1, 0.15) is 49.7 Å². The molecule has 0 amide bonds. The van der Waals surface area contributed by atoms with Crippen LogP contribution in [0.5, 0.6) is 0 Å². The summed E-state index contributed by atoms with van der Waals surface area (Å²) in [4.78, 5) is 0. The second-order valence-corrected chi connectivity index (χ2v) is 5.54. The molecule has 0 saturated heterocycles. The Labute approximate surface area is 168 Å². The Morgan fingerprint density at radius 2 is 0.893 bits per heavy atom. The normalized spacial score (nSPS) is 7.79. The topological polar surface area (TPSA) is 40.5 Å². The molecule has 0 bridgehead atoms. The van der Waals surface area contributed by atoms with E-state index in [1.807, 2.05) is 24.3 Å². The van der Waals surface area contributed by atoms with E-state index in [1.54, 1.807) is 0 Å². The van der Waals surface area contributed by atoms with Crippen molar-refractivity contribution in [2.24, 2.45) is 0 Å². The van der Waals surface area contributed by atoms with E-state index < -0.39 is 0 Å². The third kappa shape index (κ3) is 12.8. The van der Waals surface area contributed by atoms with E-state index in [0.717, 1.165) is 49.7 Å². The van der Waals surface area contributed by atoms with Gasteiger partial charge in [0, 0.05) is 37.2 Å². The van der Waals surface area contributed by atoms with Gasteiger partial charge >= 0.3 is 0 Å². The van der Waals surface area contributed by atoms with Crippen molar-refractivity contribution in [3.8, 4) is 71.0 Å². The number of hydrogen-bond acceptors (Lipinski definition) is 2. The highest BCUT2D eigenvalue weighted by Crippen LogP contribution is 2.01. The molecule has 0 radical (unpaired) electrons. The molecule has 0 aromatic heterocycles. The summed E-state index contributed by atoms with van der Waals surface area (Å²) in [6.45, 7) is 0.413. The van der Waals surface area contributed by atoms with Crippen LogP contribution in [0.3, 0.4) is 0 Å². The van der Waals surface area contributed by atoms with Crippen molar-refractivity contribution in [2.75, 3.05) is 13.2 Å². The Hall–Kier alpha value is -3.50. The number of aliphatic hydroxyl groups is 2. The summed E-state index contributed by atoms with van der Waals surface area (Å²) >= 11 is 0. The number of aliphatic hydroxyl groups excluding tert-OH is 2. The van der Waals surface area contributed by atoms with Crippen LogP contribution >= 0.6 is 0 Å². The second kappa shape index (κ2) is 16.9. The molecule has 0 fully saturated rings. The molecule has 2 nitrogen and oxygen atoms in total. The molecule has 1 rings (SSSR count). The van der Waals surface area contributed by atoms with E-state index in [4.69, 9.17) is 10.2 Å². The maximum absolute atomic E-state index is 8.65. The molecule has 0 heterocycles. The lowest BCUT2D eigenvalue weighted by Gasteiger charge is -1.90. The second-order valence-electron chi connectivity index (χ2n) is 5.54. The number of benzene rings is 1. The molecule has 0 aliphatic carbocycles. The van der Waals surface area contributed by atoms with E-state index >= 15 is 0 Å². The maximum atomic E-state index is 8.65. The molecule has 0 atom stereocenters. The number of rotatable bonds is 6. The average molecular weight is 366 g/mol. The fourth-order valence-electron chi connectivity index (χ4n) is 1.83. The van der Waals surface area contributed by atoms with Crippen molar-refractivity contribution in [2.45, 2.75) is 38.5 Å². The van der Waals surface area contributed by atoms with Crippen molar-refractivity contribution >= 4 is 0 Å². The van der Waals surface area contributed by atoms with Gasteiger partial charge in [0.25, 0.3) is 0 Å². The minimum atomic E-state index is 0.206. The van der Waals surface area contributed by atoms with Crippen LogP contribution in [0.2, 0.25) is 0 Å². The Bertz CT molecular complexity index is 878. The Balaban J connectivity index is 2.46. The fourth-order valence-corrected chi connectivity index (χ4v) is 1.83. The van der Waals surface area contributed by atoms with Crippen LogP contribution in [-0.2, 0) is 0 Å². The van der Waals surface area contributed by atoms with Crippen molar-refractivity contribution in [1.29, 1.82) is 0 Å². The predicted molar refractivity (Wildman–Crippen MR) is 113 cm³/mol. The highest BCUT2D eigenvalue weighted by molar-refractivity contribution is 5.47. The van der Waals surface area contributed by atoms with Gasteiger partial charge in [0.15, 0.2) is 0 Å². The van der Waals surface area contributed by atoms with Gasteiger partial charge in [-0.05, 0) is 97.3 Å². The first kappa shape index (κ1) is 22.5. The van der Waals surface area contributed by atoms with Gasteiger partial charge in [0.2, 0.25) is 0 Å².